The van der Waals surface area contributed by atoms with Crippen molar-refractivity contribution in [3.8, 4) is 0 Å². The van der Waals surface area contributed by atoms with Gasteiger partial charge in [-0.05, 0) is 38.5 Å². The molecule has 1 rings (SSSR count). The normalized spacial score (nSPS) is 12.2. The third kappa shape index (κ3) is 4.21. The summed E-state index contributed by atoms with van der Waals surface area (Å²) in [6.45, 7) is 8.37. The number of nitrogens with two attached hydrogens (primary N) is 1. The Morgan fingerprint density at radius 2 is 1.82 bits per heavy atom. The monoisotopic (exact) mass is 268 g/mol. The first-order valence-electron chi connectivity index (χ1n) is 5.89. The smallest absolute Gasteiger partial charge is 0.136 e. The molecule has 0 heterocycles. The van der Waals surface area contributed by atoms with Crippen LogP contribution >= 0.6 is 24.0 Å². The number of nitrogen functional groups attached to an aromatic ring is 1. The zero-order valence-corrected chi connectivity index (χ0v) is 12.3. The molecule has 0 aromatic heterocycles. The summed E-state index contributed by atoms with van der Waals surface area (Å²) in [6, 6.07) is 8.01. The van der Waals surface area contributed by atoms with E-state index in [4.69, 9.17) is 18.0 Å². The number of rotatable bonds is 4. The van der Waals surface area contributed by atoms with Gasteiger partial charge in [0.15, 0.2) is 0 Å². The van der Waals surface area contributed by atoms with Gasteiger partial charge in [-0.2, -0.15) is 0 Å². The van der Waals surface area contributed by atoms with Crippen LogP contribution in [0.4, 0.5) is 5.69 Å². The van der Waals surface area contributed by atoms with Crippen LogP contribution in [0.25, 0.3) is 0 Å². The van der Waals surface area contributed by atoms with Gasteiger partial charge in [0.25, 0.3) is 0 Å². The number of thioether (sulfide) groups is 1. The Kier molecular flexibility index (Phi) is 5.78. The fourth-order valence-electron chi connectivity index (χ4n) is 1.54. The molecule has 0 fully saturated rings. The Labute approximate surface area is 114 Å². The standard InChI is InChI=1S/C13H20N2S2/c1-4-15(5-2)13(16)17-10(3)11-6-8-12(14)9-7-11/h6-10H,4-5,14H2,1-3H3. The van der Waals surface area contributed by atoms with Gasteiger partial charge in [0.1, 0.15) is 4.32 Å². The highest BCUT2D eigenvalue weighted by atomic mass is 32.2. The lowest BCUT2D eigenvalue weighted by Gasteiger charge is -2.23. The average Bonchev–Trinajstić information content (AvgIpc) is 2.31. The van der Waals surface area contributed by atoms with E-state index in [0.29, 0.717) is 5.25 Å². The second-order valence-corrected chi connectivity index (χ2v) is 5.84. The van der Waals surface area contributed by atoms with Crippen LogP contribution in [0.15, 0.2) is 24.3 Å². The van der Waals surface area contributed by atoms with E-state index in [0.717, 1.165) is 23.1 Å². The highest BCUT2D eigenvalue weighted by Crippen LogP contribution is 2.30. The third-order valence-electron chi connectivity index (χ3n) is 2.71. The van der Waals surface area contributed by atoms with Gasteiger partial charge in [-0.1, -0.05) is 36.1 Å². The second kappa shape index (κ2) is 6.87. The Hall–Kier alpha value is -0.740. The maximum Gasteiger partial charge on any atom is 0.136 e. The summed E-state index contributed by atoms with van der Waals surface area (Å²) in [4.78, 5) is 2.20. The molecular formula is C13H20N2S2. The molecule has 1 atom stereocenters. The summed E-state index contributed by atoms with van der Waals surface area (Å²) in [5.41, 5.74) is 7.74. The van der Waals surface area contributed by atoms with Gasteiger partial charge in [-0.3, -0.25) is 0 Å². The van der Waals surface area contributed by atoms with Gasteiger partial charge in [-0.25, -0.2) is 0 Å². The van der Waals surface area contributed by atoms with Crippen molar-refractivity contribution < 1.29 is 0 Å². The van der Waals surface area contributed by atoms with Crippen molar-refractivity contribution in [3.63, 3.8) is 0 Å². The Morgan fingerprint density at radius 1 is 1.29 bits per heavy atom. The Bertz CT molecular complexity index is 358. The summed E-state index contributed by atoms with van der Waals surface area (Å²) in [5.74, 6) is 0. The van der Waals surface area contributed by atoms with Crippen LogP contribution in [0.5, 0.6) is 0 Å². The van der Waals surface area contributed by atoms with E-state index in [1.165, 1.54) is 5.56 Å². The summed E-state index contributed by atoms with van der Waals surface area (Å²) < 4.78 is 0.972. The largest absolute Gasteiger partial charge is 0.399 e. The molecule has 0 aliphatic carbocycles. The van der Waals surface area contributed by atoms with Crippen molar-refractivity contribution in [3.05, 3.63) is 29.8 Å². The predicted octanol–water partition coefficient (Wildman–Crippen LogP) is 3.69. The molecule has 0 radical (unpaired) electrons. The van der Waals surface area contributed by atoms with Gasteiger partial charge in [0.2, 0.25) is 0 Å². The van der Waals surface area contributed by atoms with Crippen LogP contribution in [0, 0.1) is 0 Å². The Balaban J connectivity index is 2.62. The number of nitrogens with zero attached hydrogens (tertiary/aromatic N) is 1. The maximum absolute atomic E-state index is 5.68. The van der Waals surface area contributed by atoms with Crippen molar-refractivity contribution >= 4 is 34.0 Å². The van der Waals surface area contributed by atoms with Crippen LogP contribution in [-0.2, 0) is 0 Å². The van der Waals surface area contributed by atoms with Crippen molar-refractivity contribution in [1.82, 2.24) is 4.90 Å². The van der Waals surface area contributed by atoms with Gasteiger partial charge in [0.05, 0.1) is 0 Å². The van der Waals surface area contributed by atoms with Crippen LogP contribution in [0.3, 0.4) is 0 Å². The van der Waals surface area contributed by atoms with E-state index in [1.54, 1.807) is 11.8 Å². The van der Waals surface area contributed by atoms with Crippen LogP contribution in [0.1, 0.15) is 31.6 Å². The minimum atomic E-state index is 0.365. The zero-order chi connectivity index (χ0) is 12.8. The van der Waals surface area contributed by atoms with Crippen molar-refractivity contribution in [2.24, 2.45) is 0 Å². The van der Waals surface area contributed by atoms with E-state index >= 15 is 0 Å². The summed E-state index contributed by atoms with van der Waals surface area (Å²) in [6.07, 6.45) is 0. The van der Waals surface area contributed by atoms with E-state index in [1.807, 2.05) is 12.1 Å². The third-order valence-corrected chi connectivity index (χ3v) is 4.34. The number of hydrogen-bond donors (Lipinski definition) is 1. The molecule has 0 bridgehead atoms. The SMILES string of the molecule is CCN(CC)C(=S)SC(C)c1ccc(N)cc1. The number of hydrogen-bond acceptors (Lipinski definition) is 3. The molecule has 1 aromatic rings. The zero-order valence-electron chi connectivity index (χ0n) is 10.6. The van der Waals surface area contributed by atoms with E-state index in [-0.39, 0.29) is 0 Å². The fourth-order valence-corrected chi connectivity index (χ4v) is 3.24. The summed E-state index contributed by atoms with van der Waals surface area (Å²) in [5, 5.41) is 0.365. The molecule has 4 heteroatoms. The van der Waals surface area contributed by atoms with Crippen LogP contribution < -0.4 is 5.73 Å². The lowest BCUT2D eigenvalue weighted by atomic mass is 10.1. The van der Waals surface area contributed by atoms with Crippen LogP contribution in [0.2, 0.25) is 0 Å². The predicted molar refractivity (Wildman–Crippen MR) is 82.4 cm³/mol. The van der Waals surface area contributed by atoms with E-state index in [9.17, 15) is 0 Å². The quantitative estimate of drug-likeness (QED) is 0.666. The molecule has 1 aromatic carbocycles. The van der Waals surface area contributed by atoms with E-state index in [2.05, 4.69) is 37.8 Å². The molecule has 1 unspecified atom stereocenters. The first-order valence-corrected chi connectivity index (χ1v) is 7.18. The topological polar surface area (TPSA) is 29.3 Å². The molecule has 0 saturated carbocycles. The Morgan fingerprint density at radius 3 is 2.29 bits per heavy atom. The molecule has 17 heavy (non-hydrogen) atoms. The summed E-state index contributed by atoms with van der Waals surface area (Å²) in [7, 11) is 0. The van der Waals surface area contributed by atoms with Gasteiger partial charge in [0, 0.05) is 24.0 Å². The van der Waals surface area contributed by atoms with E-state index < -0.39 is 0 Å². The lowest BCUT2D eigenvalue weighted by Crippen LogP contribution is -2.27. The molecular weight excluding hydrogens is 248 g/mol. The number of anilines is 1. The molecule has 0 aliphatic heterocycles. The number of benzene rings is 1. The lowest BCUT2D eigenvalue weighted by molar-refractivity contribution is 0.482. The van der Waals surface area contributed by atoms with Crippen LogP contribution in [-0.4, -0.2) is 22.3 Å². The average molecular weight is 268 g/mol. The molecule has 0 amide bonds. The molecule has 2 N–H and O–H groups in total. The second-order valence-electron chi connectivity index (χ2n) is 3.86. The van der Waals surface area contributed by atoms with Crippen molar-refractivity contribution in [1.29, 1.82) is 0 Å². The molecule has 94 valence electrons. The summed E-state index contributed by atoms with van der Waals surface area (Å²) >= 11 is 7.17. The fraction of sp³-hybridized carbons (Fsp3) is 0.462. The highest BCUT2D eigenvalue weighted by Gasteiger charge is 2.12. The highest BCUT2D eigenvalue weighted by molar-refractivity contribution is 8.23. The maximum atomic E-state index is 5.68. The molecule has 2 nitrogen and oxygen atoms in total. The van der Waals surface area contributed by atoms with Crippen molar-refractivity contribution in [2.45, 2.75) is 26.0 Å². The van der Waals surface area contributed by atoms with Gasteiger partial charge < -0.3 is 10.6 Å². The minimum Gasteiger partial charge on any atom is -0.399 e. The van der Waals surface area contributed by atoms with Gasteiger partial charge in [-0.15, -0.1) is 0 Å². The number of thiocarbonyl (C=S) groups is 1. The first kappa shape index (κ1) is 14.3. The molecule has 0 saturated heterocycles. The van der Waals surface area contributed by atoms with Gasteiger partial charge >= 0.3 is 0 Å². The molecule has 0 spiro atoms. The first-order chi connectivity index (χ1) is 8.08. The molecule has 0 aliphatic rings. The minimum absolute atomic E-state index is 0.365. The van der Waals surface area contributed by atoms with Crippen molar-refractivity contribution in [2.75, 3.05) is 18.8 Å².